The SMILES string of the molecule is CNCCC1CCCCN1C(=O)N1CCCCC1. The molecule has 2 rings (SSSR count). The van der Waals surface area contributed by atoms with Gasteiger partial charge in [0.05, 0.1) is 0 Å². The Morgan fingerprint density at radius 3 is 2.56 bits per heavy atom. The Bertz CT molecular complexity index is 264. The molecule has 2 aliphatic rings. The zero-order valence-electron chi connectivity index (χ0n) is 11.7. The van der Waals surface area contributed by atoms with Crippen molar-refractivity contribution in [3.8, 4) is 0 Å². The Labute approximate surface area is 111 Å². The summed E-state index contributed by atoms with van der Waals surface area (Å²) in [5.74, 6) is 0. The van der Waals surface area contributed by atoms with Gasteiger partial charge in [0.2, 0.25) is 0 Å². The van der Waals surface area contributed by atoms with Gasteiger partial charge in [-0.15, -0.1) is 0 Å². The van der Waals surface area contributed by atoms with Crippen LogP contribution in [0.5, 0.6) is 0 Å². The number of carbonyl (C=O) groups excluding carboxylic acids is 1. The molecule has 2 aliphatic heterocycles. The molecule has 1 N–H and O–H groups in total. The van der Waals surface area contributed by atoms with Crippen molar-refractivity contribution in [2.24, 2.45) is 0 Å². The van der Waals surface area contributed by atoms with Gasteiger partial charge in [-0.1, -0.05) is 0 Å². The van der Waals surface area contributed by atoms with Crippen molar-refractivity contribution in [3.05, 3.63) is 0 Å². The van der Waals surface area contributed by atoms with Crippen LogP contribution in [-0.4, -0.2) is 55.1 Å². The summed E-state index contributed by atoms with van der Waals surface area (Å²) in [6, 6.07) is 0.760. The maximum Gasteiger partial charge on any atom is 0.320 e. The van der Waals surface area contributed by atoms with Crippen LogP contribution < -0.4 is 5.32 Å². The van der Waals surface area contributed by atoms with E-state index in [2.05, 4.69) is 15.1 Å². The largest absolute Gasteiger partial charge is 0.325 e. The first kappa shape index (κ1) is 13.7. The average molecular weight is 253 g/mol. The molecule has 1 atom stereocenters. The number of likely N-dealkylation sites (tertiary alicyclic amines) is 2. The van der Waals surface area contributed by atoms with E-state index in [-0.39, 0.29) is 0 Å². The summed E-state index contributed by atoms with van der Waals surface area (Å²) in [6.07, 6.45) is 8.37. The molecule has 0 spiro atoms. The van der Waals surface area contributed by atoms with Gasteiger partial charge in [0.15, 0.2) is 0 Å². The third kappa shape index (κ3) is 3.37. The molecular weight excluding hydrogens is 226 g/mol. The zero-order valence-corrected chi connectivity index (χ0v) is 11.7. The van der Waals surface area contributed by atoms with E-state index in [1.807, 2.05) is 7.05 Å². The summed E-state index contributed by atoms with van der Waals surface area (Å²) < 4.78 is 0. The van der Waals surface area contributed by atoms with Gasteiger partial charge in [0.25, 0.3) is 0 Å². The second-order valence-corrected chi connectivity index (χ2v) is 5.57. The number of amides is 2. The standard InChI is InChI=1S/C14H27N3O/c1-15-9-8-13-7-3-6-12-17(13)14(18)16-10-4-2-5-11-16/h13,15H,2-12H2,1H3. The van der Waals surface area contributed by atoms with E-state index in [0.29, 0.717) is 12.1 Å². The van der Waals surface area contributed by atoms with E-state index in [1.54, 1.807) is 0 Å². The van der Waals surface area contributed by atoms with Gasteiger partial charge in [-0.25, -0.2) is 4.79 Å². The molecule has 0 radical (unpaired) electrons. The molecule has 2 fully saturated rings. The van der Waals surface area contributed by atoms with Crippen molar-refractivity contribution in [1.82, 2.24) is 15.1 Å². The highest BCUT2D eigenvalue weighted by Gasteiger charge is 2.29. The first-order valence-electron chi connectivity index (χ1n) is 7.53. The monoisotopic (exact) mass is 253 g/mol. The lowest BCUT2D eigenvalue weighted by atomic mass is 9.99. The molecule has 104 valence electrons. The van der Waals surface area contributed by atoms with Gasteiger partial charge < -0.3 is 15.1 Å². The van der Waals surface area contributed by atoms with Gasteiger partial charge in [-0.05, 0) is 58.5 Å². The molecule has 4 nitrogen and oxygen atoms in total. The van der Waals surface area contributed by atoms with Crippen molar-refractivity contribution in [2.75, 3.05) is 33.2 Å². The first-order chi connectivity index (χ1) is 8.83. The normalized spacial score (nSPS) is 25.3. The van der Waals surface area contributed by atoms with E-state index in [1.165, 1.54) is 38.5 Å². The van der Waals surface area contributed by atoms with Crippen LogP contribution >= 0.6 is 0 Å². The Morgan fingerprint density at radius 2 is 1.83 bits per heavy atom. The summed E-state index contributed by atoms with van der Waals surface area (Å²) in [4.78, 5) is 16.8. The minimum atomic E-state index is 0.301. The third-order valence-electron chi connectivity index (χ3n) is 4.23. The fraction of sp³-hybridized carbons (Fsp3) is 0.929. The van der Waals surface area contributed by atoms with Crippen LogP contribution in [0.3, 0.4) is 0 Å². The minimum Gasteiger partial charge on any atom is -0.325 e. The van der Waals surface area contributed by atoms with Crippen molar-refractivity contribution in [3.63, 3.8) is 0 Å². The van der Waals surface area contributed by atoms with Crippen LogP contribution in [0, 0.1) is 0 Å². The number of hydrogen-bond acceptors (Lipinski definition) is 2. The van der Waals surface area contributed by atoms with E-state index in [0.717, 1.165) is 32.6 Å². The number of urea groups is 1. The van der Waals surface area contributed by atoms with Crippen LogP contribution in [0.4, 0.5) is 4.79 Å². The van der Waals surface area contributed by atoms with Crippen LogP contribution in [0.15, 0.2) is 0 Å². The molecule has 0 bridgehead atoms. The van der Waals surface area contributed by atoms with Crippen LogP contribution in [0.1, 0.15) is 44.9 Å². The third-order valence-corrected chi connectivity index (χ3v) is 4.23. The molecule has 2 amide bonds. The highest BCUT2D eigenvalue weighted by atomic mass is 16.2. The van der Waals surface area contributed by atoms with Gasteiger partial charge in [0.1, 0.15) is 0 Å². The second-order valence-electron chi connectivity index (χ2n) is 5.57. The Hall–Kier alpha value is -0.770. The Kier molecular flexibility index (Phi) is 5.29. The number of nitrogens with one attached hydrogen (secondary N) is 1. The maximum atomic E-state index is 12.6. The molecular formula is C14H27N3O. The average Bonchev–Trinajstić information content (AvgIpc) is 2.45. The minimum absolute atomic E-state index is 0.301. The van der Waals surface area contributed by atoms with Gasteiger partial charge >= 0.3 is 6.03 Å². The molecule has 0 aliphatic carbocycles. The van der Waals surface area contributed by atoms with Gasteiger partial charge in [-0.3, -0.25) is 0 Å². The molecule has 0 aromatic rings. The number of hydrogen-bond donors (Lipinski definition) is 1. The summed E-state index contributed by atoms with van der Waals surface area (Å²) in [6.45, 7) is 3.90. The highest BCUT2D eigenvalue weighted by Crippen LogP contribution is 2.22. The lowest BCUT2D eigenvalue weighted by molar-refractivity contribution is 0.106. The predicted molar refractivity (Wildman–Crippen MR) is 73.7 cm³/mol. The molecule has 0 saturated carbocycles. The highest BCUT2D eigenvalue weighted by molar-refractivity contribution is 5.75. The summed E-state index contributed by atoms with van der Waals surface area (Å²) in [7, 11) is 1.99. The molecule has 1 unspecified atom stereocenters. The van der Waals surface area contributed by atoms with Crippen LogP contribution in [0.2, 0.25) is 0 Å². The topological polar surface area (TPSA) is 35.6 Å². The maximum absolute atomic E-state index is 12.6. The van der Waals surface area contributed by atoms with Gasteiger partial charge in [-0.2, -0.15) is 0 Å². The zero-order chi connectivity index (χ0) is 12.8. The lowest BCUT2D eigenvalue weighted by Crippen LogP contribution is -2.52. The predicted octanol–water partition coefficient (Wildman–Crippen LogP) is 2.06. The quantitative estimate of drug-likeness (QED) is 0.835. The molecule has 0 aromatic carbocycles. The van der Waals surface area contributed by atoms with Gasteiger partial charge in [0, 0.05) is 25.7 Å². The fourth-order valence-electron chi connectivity index (χ4n) is 3.13. The molecule has 2 saturated heterocycles. The Morgan fingerprint density at radius 1 is 1.11 bits per heavy atom. The number of rotatable bonds is 3. The van der Waals surface area contributed by atoms with E-state index in [4.69, 9.17) is 0 Å². The first-order valence-corrected chi connectivity index (χ1v) is 7.53. The molecule has 2 heterocycles. The molecule has 4 heteroatoms. The smallest absolute Gasteiger partial charge is 0.320 e. The van der Waals surface area contributed by atoms with Crippen molar-refractivity contribution < 1.29 is 4.79 Å². The summed E-state index contributed by atoms with van der Waals surface area (Å²) in [5, 5.41) is 3.20. The summed E-state index contributed by atoms with van der Waals surface area (Å²) in [5.41, 5.74) is 0. The van der Waals surface area contributed by atoms with Crippen molar-refractivity contribution in [2.45, 2.75) is 51.0 Å². The number of carbonyl (C=O) groups is 1. The van der Waals surface area contributed by atoms with Crippen LogP contribution in [0.25, 0.3) is 0 Å². The van der Waals surface area contributed by atoms with Crippen molar-refractivity contribution in [1.29, 1.82) is 0 Å². The fourth-order valence-corrected chi connectivity index (χ4v) is 3.13. The molecule has 18 heavy (non-hydrogen) atoms. The van der Waals surface area contributed by atoms with Crippen molar-refractivity contribution >= 4 is 6.03 Å². The van der Waals surface area contributed by atoms with Crippen LogP contribution in [-0.2, 0) is 0 Å². The van der Waals surface area contributed by atoms with E-state index in [9.17, 15) is 4.79 Å². The molecule has 0 aromatic heterocycles. The lowest BCUT2D eigenvalue weighted by Gasteiger charge is -2.40. The second kappa shape index (κ2) is 6.98. The Balaban J connectivity index is 1.91. The van der Waals surface area contributed by atoms with E-state index < -0.39 is 0 Å². The number of nitrogens with zero attached hydrogens (tertiary/aromatic N) is 2. The summed E-state index contributed by atoms with van der Waals surface area (Å²) >= 11 is 0. The van der Waals surface area contributed by atoms with E-state index >= 15 is 0 Å². The number of piperidine rings is 2.